The molecule has 0 spiro atoms. The molecule has 0 aliphatic carbocycles. The summed E-state index contributed by atoms with van der Waals surface area (Å²) in [4.78, 5) is 2.35. The predicted molar refractivity (Wildman–Crippen MR) is 101 cm³/mol. The topological polar surface area (TPSA) is 21.7 Å². The van der Waals surface area contributed by atoms with Crippen LogP contribution in [-0.2, 0) is 0 Å². The second kappa shape index (κ2) is 9.30. The highest BCUT2D eigenvalue weighted by Gasteiger charge is 2.11. The monoisotopic (exact) mass is 345 g/mol. The first-order valence-corrected chi connectivity index (χ1v) is 8.93. The van der Waals surface area contributed by atoms with Crippen molar-refractivity contribution in [3.05, 3.63) is 53.8 Å². The standard InChI is InChI=1S/C21H28FNO2/c1-5-17(4)23(6-2)18-8-7-9-19(15-18)24-12-13-25-21-11-10-16(3)14-20(21)22/h7-11,14-15,17H,5-6,12-13H2,1-4H3. The Morgan fingerprint density at radius 1 is 1.04 bits per heavy atom. The lowest BCUT2D eigenvalue weighted by Gasteiger charge is -2.29. The molecule has 0 aliphatic rings. The number of rotatable bonds is 9. The van der Waals surface area contributed by atoms with E-state index in [9.17, 15) is 4.39 Å². The molecule has 0 saturated heterocycles. The Kier molecular flexibility index (Phi) is 7.11. The number of aryl methyl sites for hydroxylation is 1. The van der Waals surface area contributed by atoms with E-state index < -0.39 is 0 Å². The van der Waals surface area contributed by atoms with Crippen molar-refractivity contribution in [2.75, 3.05) is 24.7 Å². The molecule has 1 atom stereocenters. The van der Waals surface area contributed by atoms with Gasteiger partial charge in [0, 0.05) is 24.3 Å². The van der Waals surface area contributed by atoms with Gasteiger partial charge in [-0.3, -0.25) is 0 Å². The summed E-state index contributed by atoms with van der Waals surface area (Å²) in [7, 11) is 0. The summed E-state index contributed by atoms with van der Waals surface area (Å²) in [5.74, 6) is 0.721. The van der Waals surface area contributed by atoms with Crippen LogP contribution in [0.4, 0.5) is 10.1 Å². The maximum Gasteiger partial charge on any atom is 0.165 e. The van der Waals surface area contributed by atoms with Crippen LogP contribution in [0.3, 0.4) is 0 Å². The van der Waals surface area contributed by atoms with Crippen molar-refractivity contribution in [2.45, 2.75) is 40.2 Å². The summed E-state index contributed by atoms with van der Waals surface area (Å²) in [6.45, 7) is 10.0. The molecule has 2 aromatic carbocycles. The third-order valence-electron chi connectivity index (χ3n) is 4.31. The number of halogens is 1. The van der Waals surface area contributed by atoms with E-state index >= 15 is 0 Å². The number of benzene rings is 2. The molecule has 25 heavy (non-hydrogen) atoms. The SMILES string of the molecule is CCC(C)N(CC)c1cccc(OCCOc2ccc(C)cc2F)c1. The molecule has 0 fully saturated rings. The smallest absolute Gasteiger partial charge is 0.165 e. The number of anilines is 1. The average Bonchev–Trinajstić information content (AvgIpc) is 2.61. The van der Waals surface area contributed by atoms with Gasteiger partial charge in [-0.15, -0.1) is 0 Å². The van der Waals surface area contributed by atoms with E-state index in [2.05, 4.69) is 31.7 Å². The van der Waals surface area contributed by atoms with Gasteiger partial charge in [0.2, 0.25) is 0 Å². The summed E-state index contributed by atoms with van der Waals surface area (Å²) in [6, 6.07) is 13.5. The van der Waals surface area contributed by atoms with E-state index in [1.54, 1.807) is 6.07 Å². The van der Waals surface area contributed by atoms with Crippen molar-refractivity contribution in [3.63, 3.8) is 0 Å². The van der Waals surface area contributed by atoms with E-state index in [-0.39, 0.29) is 11.6 Å². The van der Waals surface area contributed by atoms with Crippen LogP contribution in [0.5, 0.6) is 11.5 Å². The Balaban J connectivity index is 1.89. The van der Waals surface area contributed by atoms with Gasteiger partial charge < -0.3 is 14.4 Å². The molecule has 0 bridgehead atoms. The maximum atomic E-state index is 13.7. The molecule has 0 heterocycles. The predicted octanol–water partition coefficient (Wildman–Crippen LogP) is 5.22. The van der Waals surface area contributed by atoms with Crippen molar-refractivity contribution >= 4 is 5.69 Å². The quantitative estimate of drug-likeness (QED) is 0.582. The lowest BCUT2D eigenvalue weighted by atomic mass is 10.2. The van der Waals surface area contributed by atoms with Crippen molar-refractivity contribution in [2.24, 2.45) is 0 Å². The normalized spacial score (nSPS) is 11.9. The second-order valence-corrected chi connectivity index (χ2v) is 6.17. The Bertz CT molecular complexity index is 675. The number of nitrogens with zero attached hydrogens (tertiary/aromatic N) is 1. The lowest BCUT2D eigenvalue weighted by molar-refractivity contribution is 0.211. The van der Waals surface area contributed by atoms with Gasteiger partial charge in [-0.05, 0) is 57.0 Å². The fourth-order valence-electron chi connectivity index (χ4n) is 2.76. The molecule has 4 heteroatoms. The van der Waals surface area contributed by atoms with Crippen molar-refractivity contribution in [1.82, 2.24) is 0 Å². The minimum absolute atomic E-state index is 0.261. The maximum absolute atomic E-state index is 13.7. The van der Waals surface area contributed by atoms with Gasteiger partial charge in [0.05, 0.1) is 0 Å². The van der Waals surface area contributed by atoms with Crippen molar-refractivity contribution in [1.29, 1.82) is 0 Å². The first-order chi connectivity index (χ1) is 12.0. The van der Waals surface area contributed by atoms with E-state index in [0.29, 0.717) is 19.3 Å². The van der Waals surface area contributed by atoms with Crippen LogP contribution in [0.15, 0.2) is 42.5 Å². The third-order valence-corrected chi connectivity index (χ3v) is 4.31. The fraction of sp³-hybridized carbons (Fsp3) is 0.429. The minimum atomic E-state index is -0.339. The van der Waals surface area contributed by atoms with E-state index in [1.165, 1.54) is 6.07 Å². The van der Waals surface area contributed by atoms with E-state index in [0.717, 1.165) is 30.0 Å². The molecule has 0 amide bonds. The summed E-state index contributed by atoms with van der Waals surface area (Å²) >= 11 is 0. The highest BCUT2D eigenvalue weighted by molar-refractivity contribution is 5.51. The molecular weight excluding hydrogens is 317 g/mol. The molecular formula is C21H28FNO2. The molecule has 0 radical (unpaired) electrons. The van der Waals surface area contributed by atoms with Gasteiger partial charge in [0.1, 0.15) is 19.0 Å². The zero-order valence-corrected chi connectivity index (χ0v) is 15.6. The van der Waals surface area contributed by atoms with Gasteiger partial charge in [-0.1, -0.05) is 19.1 Å². The van der Waals surface area contributed by atoms with Gasteiger partial charge in [0.15, 0.2) is 11.6 Å². The van der Waals surface area contributed by atoms with Gasteiger partial charge in [0.25, 0.3) is 0 Å². The van der Waals surface area contributed by atoms with Crippen LogP contribution >= 0.6 is 0 Å². The van der Waals surface area contributed by atoms with Crippen LogP contribution in [0, 0.1) is 12.7 Å². The molecule has 2 rings (SSSR count). The highest BCUT2D eigenvalue weighted by atomic mass is 19.1. The third kappa shape index (κ3) is 5.38. The summed E-state index contributed by atoms with van der Waals surface area (Å²) in [6.07, 6.45) is 1.09. The Labute approximate surface area is 150 Å². The molecule has 3 nitrogen and oxygen atoms in total. The number of ether oxygens (including phenoxy) is 2. The van der Waals surface area contributed by atoms with Crippen LogP contribution in [0.1, 0.15) is 32.8 Å². The zero-order valence-electron chi connectivity index (χ0n) is 15.6. The zero-order chi connectivity index (χ0) is 18.2. The minimum Gasteiger partial charge on any atom is -0.490 e. The number of hydrogen-bond acceptors (Lipinski definition) is 3. The van der Waals surface area contributed by atoms with Gasteiger partial charge >= 0.3 is 0 Å². The molecule has 0 aromatic heterocycles. The van der Waals surface area contributed by atoms with Gasteiger partial charge in [-0.2, -0.15) is 0 Å². The molecule has 136 valence electrons. The largest absolute Gasteiger partial charge is 0.490 e. The lowest BCUT2D eigenvalue weighted by Crippen LogP contribution is -2.32. The average molecular weight is 345 g/mol. The first-order valence-electron chi connectivity index (χ1n) is 8.93. The molecule has 2 aromatic rings. The highest BCUT2D eigenvalue weighted by Crippen LogP contribution is 2.24. The first kappa shape index (κ1) is 19.1. The summed E-state index contributed by atoms with van der Waals surface area (Å²) in [5, 5.41) is 0. The Hall–Kier alpha value is -2.23. The van der Waals surface area contributed by atoms with Crippen LogP contribution in [0.2, 0.25) is 0 Å². The molecule has 0 aliphatic heterocycles. The summed E-state index contributed by atoms with van der Waals surface area (Å²) in [5.41, 5.74) is 2.03. The Morgan fingerprint density at radius 2 is 1.80 bits per heavy atom. The van der Waals surface area contributed by atoms with E-state index in [1.807, 2.05) is 31.2 Å². The summed E-state index contributed by atoms with van der Waals surface area (Å²) < 4.78 is 24.9. The van der Waals surface area contributed by atoms with E-state index in [4.69, 9.17) is 9.47 Å². The molecule has 1 unspecified atom stereocenters. The van der Waals surface area contributed by atoms with Gasteiger partial charge in [-0.25, -0.2) is 4.39 Å². The fourth-order valence-corrected chi connectivity index (χ4v) is 2.76. The molecule has 0 N–H and O–H groups in total. The van der Waals surface area contributed by atoms with Crippen LogP contribution in [0.25, 0.3) is 0 Å². The van der Waals surface area contributed by atoms with Crippen LogP contribution < -0.4 is 14.4 Å². The Morgan fingerprint density at radius 3 is 2.48 bits per heavy atom. The second-order valence-electron chi connectivity index (χ2n) is 6.17. The van der Waals surface area contributed by atoms with Crippen LogP contribution in [-0.4, -0.2) is 25.8 Å². The van der Waals surface area contributed by atoms with Crippen molar-refractivity contribution < 1.29 is 13.9 Å². The number of hydrogen-bond donors (Lipinski definition) is 0. The molecule has 0 saturated carbocycles. The van der Waals surface area contributed by atoms with Crippen molar-refractivity contribution in [3.8, 4) is 11.5 Å².